The molecule has 1 aliphatic rings. The van der Waals surface area contributed by atoms with Gasteiger partial charge < -0.3 is 15.5 Å². The molecule has 1 amide bonds. The highest BCUT2D eigenvalue weighted by molar-refractivity contribution is 7.99. The summed E-state index contributed by atoms with van der Waals surface area (Å²) in [6.07, 6.45) is 0.601. The van der Waals surface area contributed by atoms with Gasteiger partial charge in [0.15, 0.2) is 0 Å². The van der Waals surface area contributed by atoms with Crippen LogP contribution in [0, 0.1) is 11.8 Å². The molecule has 1 fully saturated rings. The predicted octanol–water partition coefficient (Wildman–Crippen LogP) is -0.0112. The summed E-state index contributed by atoms with van der Waals surface area (Å²) >= 11 is 1.17. The molecule has 0 unspecified atom stereocenters. The standard InChI is InChI=1S/C12H17NO6S/c1-6(14)13-9(12(18)19)5-20-4-8-7(11(16)17)2-3-10(8)15/h7-9H,2-5H2,1H3,(H,13,14)(H,16,17)(H,18,19)/t7-,8+,9-/m1/s1. The average molecular weight is 303 g/mol. The van der Waals surface area contributed by atoms with E-state index < -0.39 is 35.7 Å². The average Bonchev–Trinajstić information content (AvgIpc) is 2.69. The lowest BCUT2D eigenvalue weighted by Crippen LogP contribution is -2.41. The Labute approximate surface area is 120 Å². The quantitative estimate of drug-likeness (QED) is 0.604. The number of carbonyl (C=O) groups excluding carboxylic acids is 2. The lowest BCUT2D eigenvalue weighted by molar-refractivity contribution is -0.144. The number of carbonyl (C=O) groups is 4. The molecule has 1 aliphatic carbocycles. The number of aliphatic carboxylic acids is 2. The van der Waals surface area contributed by atoms with Gasteiger partial charge in [-0.2, -0.15) is 11.8 Å². The Morgan fingerprint density at radius 1 is 1.40 bits per heavy atom. The van der Waals surface area contributed by atoms with Crippen LogP contribution in [-0.2, 0) is 19.2 Å². The maximum atomic E-state index is 11.6. The number of hydrogen-bond donors (Lipinski definition) is 3. The molecular weight excluding hydrogens is 286 g/mol. The van der Waals surface area contributed by atoms with Gasteiger partial charge in [0, 0.05) is 30.8 Å². The van der Waals surface area contributed by atoms with Gasteiger partial charge in [0.05, 0.1) is 5.92 Å². The molecule has 20 heavy (non-hydrogen) atoms. The Morgan fingerprint density at radius 3 is 2.55 bits per heavy atom. The molecule has 0 radical (unpaired) electrons. The van der Waals surface area contributed by atoms with Gasteiger partial charge in [0.25, 0.3) is 0 Å². The number of amides is 1. The van der Waals surface area contributed by atoms with Crippen LogP contribution in [0.3, 0.4) is 0 Å². The van der Waals surface area contributed by atoms with Crippen molar-refractivity contribution in [2.75, 3.05) is 11.5 Å². The number of carboxylic acids is 2. The number of hydrogen-bond acceptors (Lipinski definition) is 5. The van der Waals surface area contributed by atoms with E-state index >= 15 is 0 Å². The van der Waals surface area contributed by atoms with Crippen molar-refractivity contribution in [1.82, 2.24) is 5.32 Å². The van der Waals surface area contributed by atoms with E-state index in [-0.39, 0.29) is 23.7 Å². The van der Waals surface area contributed by atoms with E-state index in [1.165, 1.54) is 18.7 Å². The lowest BCUT2D eigenvalue weighted by Gasteiger charge is -2.16. The van der Waals surface area contributed by atoms with E-state index in [9.17, 15) is 19.2 Å². The molecule has 7 nitrogen and oxygen atoms in total. The molecule has 0 aromatic carbocycles. The first-order valence-electron chi connectivity index (χ1n) is 6.16. The fourth-order valence-electron chi connectivity index (χ4n) is 2.15. The highest BCUT2D eigenvalue weighted by atomic mass is 32.2. The SMILES string of the molecule is CC(=O)N[C@H](CSC[C@@H]1C(=O)CC[C@H]1C(=O)O)C(=O)O. The second-order valence-electron chi connectivity index (χ2n) is 4.69. The third kappa shape index (κ3) is 4.52. The Hall–Kier alpha value is -1.57. The highest BCUT2D eigenvalue weighted by Crippen LogP contribution is 2.31. The first-order valence-corrected chi connectivity index (χ1v) is 7.31. The van der Waals surface area contributed by atoms with Crippen LogP contribution in [0.2, 0.25) is 0 Å². The predicted molar refractivity (Wildman–Crippen MR) is 71.4 cm³/mol. The summed E-state index contributed by atoms with van der Waals surface area (Å²) < 4.78 is 0. The smallest absolute Gasteiger partial charge is 0.327 e. The van der Waals surface area contributed by atoms with E-state index in [0.29, 0.717) is 6.42 Å². The topological polar surface area (TPSA) is 121 Å². The Balaban J connectivity index is 2.49. The van der Waals surface area contributed by atoms with Gasteiger partial charge >= 0.3 is 11.9 Å². The molecule has 0 aromatic rings. The molecule has 0 saturated heterocycles. The maximum Gasteiger partial charge on any atom is 0.327 e. The van der Waals surface area contributed by atoms with Crippen molar-refractivity contribution < 1.29 is 29.4 Å². The fraction of sp³-hybridized carbons (Fsp3) is 0.667. The number of carboxylic acid groups (broad SMARTS) is 2. The minimum atomic E-state index is -1.15. The molecule has 0 aromatic heterocycles. The molecule has 1 rings (SSSR count). The van der Waals surface area contributed by atoms with Gasteiger partial charge in [-0.1, -0.05) is 0 Å². The molecule has 112 valence electrons. The second-order valence-corrected chi connectivity index (χ2v) is 5.76. The molecule has 3 atom stereocenters. The van der Waals surface area contributed by atoms with Gasteiger partial charge in [-0.3, -0.25) is 14.4 Å². The van der Waals surface area contributed by atoms with Gasteiger partial charge in [0.1, 0.15) is 11.8 Å². The minimum Gasteiger partial charge on any atom is -0.481 e. The summed E-state index contributed by atoms with van der Waals surface area (Å²) in [5.41, 5.74) is 0. The van der Waals surface area contributed by atoms with Crippen LogP contribution in [0.5, 0.6) is 0 Å². The summed E-state index contributed by atoms with van der Waals surface area (Å²) in [7, 11) is 0. The minimum absolute atomic E-state index is 0.0868. The van der Waals surface area contributed by atoms with Crippen molar-refractivity contribution in [3.05, 3.63) is 0 Å². The van der Waals surface area contributed by atoms with Crippen LogP contribution in [-0.4, -0.2) is 51.4 Å². The summed E-state index contributed by atoms with van der Waals surface area (Å²) in [6, 6.07) is -1.03. The Bertz CT molecular complexity index is 424. The molecule has 8 heteroatoms. The molecule has 0 aliphatic heterocycles. The third-order valence-corrected chi connectivity index (χ3v) is 4.34. The van der Waals surface area contributed by atoms with Crippen molar-refractivity contribution in [3.63, 3.8) is 0 Å². The molecule has 1 saturated carbocycles. The monoisotopic (exact) mass is 303 g/mol. The number of nitrogens with one attached hydrogen (secondary N) is 1. The maximum absolute atomic E-state index is 11.6. The van der Waals surface area contributed by atoms with E-state index in [1.54, 1.807) is 0 Å². The van der Waals surface area contributed by atoms with Gasteiger partial charge in [-0.15, -0.1) is 0 Å². The van der Waals surface area contributed by atoms with Crippen LogP contribution in [0.4, 0.5) is 0 Å². The normalized spacial score (nSPS) is 23.4. The first kappa shape index (κ1) is 16.5. The Morgan fingerprint density at radius 2 is 2.05 bits per heavy atom. The van der Waals surface area contributed by atoms with Crippen molar-refractivity contribution in [2.45, 2.75) is 25.8 Å². The highest BCUT2D eigenvalue weighted by Gasteiger charge is 2.39. The van der Waals surface area contributed by atoms with Crippen LogP contribution >= 0.6 is 11.8 Å². The largest absolute Gasteiger partial charge is 0.481 e. The third-order valence-electron chi connectivity index (χ3n) is 3.18. The van der Waals surface area contributed by atoms with Gasteiger partial charge in [-0.05, 0) is 6.42 Å². The summed E-state index contributed by atoms with van der Waals surface area (Å²) in [5, 5.41) is 20.2. The van der Waals surface area contributed by atoms with Crippen molar-refractivity contribution in [1.29, 1.82) is 0 Å². The molecular formula is C12H17NO6S. The lowest BCUT2D eigenvalue weighted by atomic mass is 9.98. The fourth-order valence-corrected chi connectivity index (χ4v) is 3.42. The van der Waals surface area contributed by atoms with Crippen molar-refractivity contribution in [3.8, 4) is 0 Å². The van der Waals surface area contributed by atoms with Crippen LogP contribution in [0.25, 0.3) is 0 Å². The molecule has 3 N–H and O–H groups in total. The zero-order valence-corrected chi connectivity index (χ0v) is 11.8. The van der Waals surface area contributed by atoms with E-state index in [4.69, 9.17) is 10.2 Å². The Kier molecular flexibility index (Phi) is 6.00. The van der Waals surface area contributed by atoms with Gasteiger partial charge in [0.2, 0.25) is 5.91 Å². The summed E-state index contributed by atoms with van der Waals surface area (Å²) in [5.74, 6) is -3.55. The van der Waals surface area contributed by atoms with Gasteiger partial charge in [-0.25, -0.2) is 4.79 Å². The van der Waals surface area contributed by atoms with Crippen molar-refractivity contribution in [2.24, 2.45) is 11.8 Å². The zero-order chi connectivity index (χ0) is 15.3. The summed E-state index contributed by atoms with van der Waals surface area (Å²) in [6.45, 7) is 1.22. The van der Waals surface area contributed by atoms with Crippen LogP contribution in [0.1, 0.15) is 19.8 Å². The second kappa shape index (κ2) is 7.28. The number of ketones is 1. The van der Waals surface area contributed by atoms with Crippen molar-refractivity contribution >= 4 is 35.4 Å². The van der Waals surface area contributed by atoms with Crippen LogP contribution in [0.15, 0.2) is 0 Å². The molecule has 0 bridgehead atoms. The van der Waals surface area contributed by atoms with E-state index in [1.807, 2.05) is 0 Å². The molecule has 0 heterocycles. The number of Topliss-reactive ketones (excluding diaryl/α,β-unsaturated/α-hetero) is 1. The van der Waals surface area contributed by atoms with E-state index in [2.05, 4.69) is 5.32 Å². The number of rotatable bonds is 7. The zero-order valence-electron chi connectivity index (χ0n) is 11.0. The van der Waals surface area contributed by atoms with E-state index in [0.717, 1.165) is 0 Å². The first-order chi connectivity index (χ1) is 9.32. The summed E-state index contributed by atoms with van der Waals surface area (Å²) in [4.78, 5) is 44.4. The van der Waals surface area contributed by atoms with Crippen LogP contribution < -0.4 is 5.32 Å². The number of thioether (sulfide) groups is 1. The molecule has 0 spiro atoms.